The third kappa shape index (κ3) is 5.88. The number of ether oxygens (including phenoxy) is 2. The summed E-state index contributed by atoms with van der Waals surface area (Å²) in [6, 6.07) is 10.1. The lowest BCUT2D eigenvalue weighted by atomic mass is 9.87. The number of benzene rings is 1. The summed E-state index contributed by atoms with van der Waals surface area (Å²) in [5.74, 6) is 3.38. The summed E-state index contributed by atoms with van der Waals surface area (Å²) in [5, 5.41) is 12.2. The molecule has 31 heavy (non-hydrogen) atoms. The minimum absolute atomic E-state index is 0.0402. The number of anilines is 1. The Bertz CT molecular complexity index is 879. The molecular weight excluding hydrogens is 388 g/mol. The van der Waals surface area contributed by atoms with Gasteiger partial charge in [-0.15, -0.1) is 0 Å². The molecule has 6 nitrogen and oxygen atoms in total. The fraction of sp³-hybridized carbons (Fsp3) is 0.560. The third-order valence-corrected chi connectivity index (χ3v) is 6.50. The number of nitriles is 1. The van der Waals surface area contributed by atoms with Gasteiger partial charge in [-0.2, -0.15) is 10.2 Å². The van der Waals surface area contributed by atoms with Crippen LogP contribution in [0.4, 0.5) is 5.95 Å². The number of nitrogens with zero attached hydrogens (tertiary/aromatic N) is 3. The second-order valence-electron chi connectivity index (χ2n) is 8.95. The Morgan fingerprint density at radius 2 is 1.77 bits per heavy atom. The van der Waals surface area contributed by atoms with Crippen molar-refractivity contribution < 1.29 is 9.47 Å². The van der Waals surface area contributed by atoms with Crippen molar-refractivity contribution in [3.8, 4) is 28.8 Å². The average Bonchev–Trinajstić information content (AvgIpc) is 3.32. The zero-order valence-corrected chi connectivity index (χ0v) is 18.3. The van der Waals surface area contributed by atoms with Crippen molar-refractivity contribution in [3.05, 3.63) is 30.5 Å². The first-order valence-corrected chi connectivity index (χ1v) is 11.6. The van der Waals surface area contributed by atoms with E-state index < -0.39 is 0 Å². The van der Waals surface area contributed by atoms with Crippen LogP contribution in [0.25, 0.3) is 11.1 Å². The average molecular weight is 421 g/mol. The largest absolute Gasteiger partial charge is 0.479 e. The van der Waals surface area contributed by atoms with Gasteiger partial charge in [0.15, 0.2) is 6.61 Å². The van der Waals surface area contributed by atoms with Gasteiger partial charge in [0.05, 0.1) is 12.2 Å². The maximum Gasteiger partial charge on any atom is 0.226 e. The normalized spacial score (nSPS) is 21.4. The molecule has 0 bridgehead atoms. The minimum Gasteiger partial charge on any atom is -0.479 e. The Hall–Kier alpha value is -2.81. The molecule has 1 heterocycles. The molecule has 2 aliphatic carbocycles. The molecule has 2 fully saturated rings. The minimum atomic E-state index is 0.0402. The van der Waals surface area contributed by atoms with Gasteiger partial charge >= 0.3 is 0 Å². The summed E-state index contributed by atoms with van der Waals surface area (Å²) in [4.78, 5) is 9.38. The molecule has 2 aliphatic rings. The quantitative estimate of drug-likeness (QED) is 0.598. The third-order valence-electron chi connectivity index (χ3n) is 6.50. The van der Waals surface area contributed by atoms with Crippen LogP contribution in [0.2, 0.25) is 0 Å². The van der Waals surface area contributed by atoms with E-state index in [4.69, 9.17) is 19.7 Å². The van der Waals surface area contributed by atoms with Crippen molar-refractivity contribution in [2.45, 2.75) is 64.3 Å². The van der Waals surface area contributed by atoms with E-state index >= 15 is 0 Å². The van der Waals surface area contributed by atoms with Gasteiger partial charge in [-0.1, -0.05) is 31.9 Å². The number of hydrogen-bond donors (Lipinski definition) is 1. The summed E-state index contributed by atoms with van der Waals surface area (Å²) in [6.07, 6.45) is 11.7. The molecule has 0 unspecified atom stereocenters. The number of nitrogens with one attached hydrogen (secondary N) is 1. The van der Waals surface area contributed by atoms with E-state index in [1.165, 1.54) is 38.5 Å². The van der Waals surface area contributed by atoms with Gasteiger partial charge in [0.25, 0.3) is 0 Å². The Balaban J connectivity index is 1.51. The molecule has 1 aromatic carbocycles. The number of aromatic nitrogens is 2. The van der Waals surface area contributed by atoms with Crippen LogP contribution in [-0.2, 0) is 0 Å². The Morgan fingerprint density at radius 1 is 1.03 bits per heavy atom. The highest BCUT2D eigenvalue weighted by Crippen LogP contribution is 2.33. The molecule has 0 aliphatic heterocycles. The number of rotatable bonds is 8. The first-order chi connectivity index (χ1) is 15.2. The summed E-state index contributed by atoms with van der Waals surface area (Å²) in [7, 11) is 0. The molecule has 0 amide bonds. The molecule has 1 N–H and O–H groups in total. The Labute approximate surface area is 185 Å². The SMILES string of the molecule is CC1CCC(Nc2ncc(-c3ccc(OCC#N)cc3)c(OCC3CCCC3)n2)CC1. The summed E-state index contributed by atoms with van der Waals surface area (Å²) >= 11 is 0. The van der Waals surface area contributed by atoms with Crippen LogP contribution < -0.4 is 14.8 Å². The zero-order valence-electron chi connectivity index (χ0n) is 18.3. The Kier molecular flexibility index (Phi) is 7.24. The highest BCUT2D eigenvalue weighted by molar-refractivity contribution is 5.69. The Morgan fingerprint density at radius 3 is 2.48 bits per heavy atom. The van der Waals surface area contributed by atoms with Crippen LogP contribution in [0, 0.1) is 23.2 Å². The standard InChI is InChI=1S/C25H32N4O2/c1-18-6-10-21(11-7-18)28-25-27-16-23(20-8-12-22(13-9-20)30-15-14-26)24(29-25)31-17-19-4-2-3-5-19/h8-9,12-13,16,18-19,21H,2-7,10-11,15,17H2,1H3,(H,27,28,29). The molecular formula is C25H32N4O2. The highest BCUT2D eigenvalue weighted by Gasteiger charge is 2.21. The predicted octanol–water partition coefficient (Wildman–Crippen LogP) is 5.61. The summed E-state index contributed by atoms with van der Waals surface area (Å²) in [5.41, 5.74) is 1.86. The lowest BCUT2D eigenvalue weighted by molar-refractivity contribution is 0.244. The van der Waals surface area contributed by atoms with Crippen molar-refractivity contribution in [3.63, 3.8) is 0 Å². The highest BCUT2D eigenvalue weighted by atomic mass is 16.5. The van der Waals surface area contributed by atoms with Crippen molar-refractivity contribution in [2.24, 2.45) is 11.8 Å². The molecule has 2 saturated carbocycles. The molecule has 0 spiro atoms. The van der Waals surface area contributed by atoms with Crippen molar-refractivity contribution in [1.82, 2.24) is 9.97 Å². The molecule has 4 rings (SSSR count). The van der Waals surface area contributed by atoms with Gasteiger partial charge in [-0.25, -0.2) is 4.98 Å². The molecule has 0 atom stereocenters. The van der Waals surface area contributed by atoms with Gasteiger partial charge in [-0.3, -0.25) is 0 Å². The predicted molar refractivity (Wildman–Crippen MR) is 121 cm³/mol. The van der Waals surface area contributed by atoms with E-state index in [0.29, 0.717) is 36.1 Å². The fourth-order valence-electron chi connectivity index (χ4n) is 4.55. The van der Waals surface area contributed by atoms with Gasteiger partial charge in [-0.05, 0) is 68.1 Å². The van der Waals surface area contributed by atoms with Crippen molar-refractivity contribution >= 4 is 5.95 Å². The summed E-state index contributed by atoms with van der Waals surface area (Å²) < 4.78 is 11.6. The molecule has 164 valence electrons. The van der Waals surface area contributed by atoms with E-state index in [9.17, 15) is 0 Å². The van der Waals surface area contributed by atoms with E-state index in [1.54, 1.807) is 0 Å². The number of hydrogen-bond acceptors (Lipinski definition) is 6. The van der Waals surface area contributed by atoms with Gasteiger partial charge in [0.2, 0.25) is 11.8 Å². The van der Waals surface area contributed by atoms with E-state index in [1.807, 2.05) is 36.5 Å². The van der Waals surface area contributed by atoms with E-state index in [2.05, 4.69) is 17.2 Å². The van der Waals surface area contributed by atoms with E-state index in [0.717, 1.165) is 29.9 Å². The monoisotopic (exact) mass is 420 g/mol. The second kappa shape index (κ2) is 10.5. The maximum absolute atomic E-state index is 8.69. The maximum atomic E-state index is 8.69. The van der Waals surface area contributed by atoms with Crippen molar-refractivity contribution in [2.75, 3.05) is 18.5 Å². The molecule has 0 radical (unpaired) electrons. The van der Waals surface area contributed by atoms with Crippen LogP contribution >= 0.6 is 0 Å². The smallest absolute Gasteiger partial charge is 0.226 e. The zero-order chi connectivity index (χ0) is 21.5. The van der Waals surface area contributed by atoms with Crippen LogP contribution in [0.5, 0.6) is 11.6 Å². The molecule has 6 heteroatoms. The van der Waals surface area contributed by atoms with Crippen LogP contribution in [0.15, 0.2) is 30.5 Å². The van der Waals surface area contributed by atoms with Crippen molar-refractivity contribution in [1.29, 1.82) is 5.26 Å². The van der Waals surface area contributed by atoms with Crippen LogP contribution in [0.3, 0.4) is 0 Å². The van der Waals surface area contributed by atoms with Gasteiger partial charge in [0, 0.05) is 12.2 Å². The topological polar surface area (TPSA) is 80.1 Å². The summed E-state index contributed by atoms with van der Waals surface area (Å²) in [6.45, 7) is 3.07. The van der Waals surface area contributed by atoms with E-state index in [-0.39, 0.29) is 6.61 Å². The lowest BCUT2D eigenvalue weighted by Gasteiger charge is -2.27. The molecule has 0 saturated heterocycles. The lowest BCUT2D eigenvalue weighted by Crippen LogP contribution is -2.26. The first-order valence-electron chi connectivity index (χ1n) is 11.6. The van der Waals surface area contributed by atoms with Gasteiger partial charge in [0.1, 0.15) is 11.8 Å². The fourth-order valence-corrected chi connectivity index (χ4v) is 4.55. The first kappa shape index (κ1) is 21.4. The molecule has 2 aromatic rings. The second-order valence-corrected chi connectivity index (χ2v) is 8.95. The van der Waals surface area contributed by atoms with Crippen LogP contribution in [0.1, 0.15) is 58.3 Å². The molecule has 1 aromatic heterocycles. The van der Waals surface area contributed by atoms with Gasteiger partial charge < -0.3 is 14.8 Å². The van der Waals surface area contributed by atoms with Crippen LogP contribution in [-0.4, -0.2) is 29.2 Å².